The second kappa shape index (κ2) is 6.53. The molecule has 1 radical (unpaired) electrons. The molecule has 5 heteroatoms. The van der Waals surface area contributed by atoms with Crippen molar-refractivity contribution in [1.29, 1.82) is 0 Å². The molecule has 0 bridgehead atoms. The summed E-state index contributed by atoms with van der Waals surface area (Å²) in [5, 5.41) is 0. The molecular weight excluding hydrogens is 283 g/mol. The minimum absolute atomic E-state index is 0. The van der Waals surface area contributed by atoms with E-state index in [9.17, 15) is 8.78 Å². The number of allylic oxidation sites excluding steroid dienone is 2. The van der Waals surface area contributed by atoms with Crippen molar-refractivity contribution in [1.82, 2.24) is 0 Å². The first kappa shape index (κ1) is 14.5. The van der Waals surface area contributed by atoms with Crippen LogP contribution in [-0.4, -0.2) is 7.11 Å². The Morgan fingerprint density at radius 2 is 2.00 bits per heavy atom. The van der Waals surface area contributed by atoms with Crippen molar-refractivity contribution >= 4 is 0 Å². The number of hydrogen-bond acceptors (Lipinski definition) is 1. The minimum atomic E-state index is -0.627. The summed E-state index contributed by atoms with van der Waals surface area (Å²) in [6.45, 7) is 0. The minimum Gasteiger partial charge on any atom is -1.00 e. The van der Waals surface area contributed by atoms with Gasteiger partial charge in [-0.1, -0.05) is 5.73 Å². The SMILES string of the molecule is COC1=CC(F)=C=C[C]1F.[Br-].[Zn]. The number of methoxy groups -OCH3 is 1. The molecule has 1 nitrogen and oxygen atoms in total. The standard InChI is InChI=1S/C7H5F2O.BrH.Zn/c1-10-7-4-5(8)2-3-6(7)9;;/h3-4H,1H3;1H;/p-1. The molecule has 0 unspecified atom stereocenters. The number of hydrogen-bond donors (Lipinski definition) is 0. The molecule has 0 aliphatic heterocycles. The first-order chi connectivity index (χ1) is 4.74. The van der Waals surface area contributed by atoms with Gasteiger partial charge in [-0.05, 0) is 0 Å². The Bertz CT molecular complexity index is 234. The maximum absolute atomic E-state index is 12.4. The van der Waals surface area contributed by atoms with Crippen LogP contribution in [0.3, 0.4) is 0 Å². The Balaban J connectivity index is 0. The molecule has 1 aliphatic carbocycles. The van der Waals surface area contributed by atoms with Gasteiger partial charge in [-0.3, -0.25) is 0 Å². The van der Waals surface area contributed by atoms with Gasteiger partial charge in [0.15, 0.2) is 5.83 Å². The smallest absolute Gasteiger partial charge is 0.238 e. The molecule has 0 aromatic rings. The van der Waals surface area contributed by atoms with E-state index in [0.717, 1.165) is 12.2 Å². The Morgan fingerprint density at radius 1 is 1.42 bits per heavy atom. The molecule has 0 heterocycles. The van der Waals surface area contributed by atoms with Gasteiger partial charge in [-0.25, -0.2) is 4.39 Å². The Hall–Kier alpha value is 0.0234. The molecule has 63 valence electrons. The van der Waals surface area contributed by atoms with E-state index in [1.807, 2.05) is 0 Å². The molecule has 0 atom stereocenters. The van der Waals surface area contributed by atoms with Gasteiger partial charge in [0, 0.05) is 31.6 Å². The third-order valence-electron chi connectivity index (χ3n) is 1.05. The Kier molecular flexibility index (Phi) is 7.91. The summed E-state index contributed by atoms with van der Waals surface area (Å²) >= 11 is 0. The average molecular weight is 288 g/mol. The average Bonchev–Trinajstić information content (AvgIpc) is 1.94. The molecule has 1 rings (SSSR count). The van der Waals surface area contributed by atoms with E-state index in [-0.39, 0.29) is 42.2 Å². The zero-order valence-electron chi connectivity index (χ0n) is 6.40. The predicted octanol–water partition coefficient (Wildman–Crippen LogP) is -0.958. The van der Waals surface area contributed by atoms with Gasteiger partial charge in [0.2, 0.25) is 6.17 Å². The summed E-state index contributed by atoms with van der Waals surface area (Å²) in [5.74, 6) is -0.727. The van der Waals surface area contributed by atoms with Crippen molar-refractivity contribution < 1.29 is 50.0 Å². The fourth-order valence-electron chi connectivity index (χ4n) is 0.586. The largest absolute Gasteiger partial charge is 1.00 e. The van der Waals surface area contributed by atoms with Gasteiger partial charge in [-0.2, -0.15) is 4.39 Å². The van der Waals surface area contributed by atoms with Crippen molar-refractivity contribution in [3.63, 3.8) is 0 Å². The van der Waals surface area contributed by atoms with E-state index in [0.29, 0.717) is 0 Å². The molecule has 0 saturated heterocycles. The summed E-state index contributed by atoms with van der Waals surface area (Å²) < 4.78 is 29.2. The van der Waals surface area contributed by atoms with Gasteiger partial charge in [0.25, 0.3) is 0 Å². The van der Waals surface area contributed by atoms with E-state index in [1.54, 1.807) is 0 Å². The Labute approximate surface area is 92.7 Å². The van der Waals surface area contributed by atoms with Crippen molar-refractivity contribution in [2.24, 2.45) is 0 Å². The summed E-state index contributed by atoms with van der Waals surface area (Å²) in [7, 11) is 1.28. The second-order valence-corrected chi connectivity index (χ2v) is 1.70. The monoisotopic (exact) mass is 286 g/mol. The van der Waals surface area contributed by atoms with E-state index in [4.69, 9.17) is 0 Å². The van der Waals surface area contributed by atoms with E-state index >= 15 is 0 Å². The van der Waals surface area contributed by atoms with Crippen LogP contribution < -0.4 is 17.0 Å². The summed E-state index contributed by atoms with van der Waals surface area (Å²) in [6.07, 6.45) is 1.23. The van der Waals surface area contributed by atoms with Crippen LogP contribution in [0.5, 0.6) is 0 Å². The van der Waals surface area contributed by atoms with Crippen LogP contribution in [-0.2, 0) is 24.2 Å². The van der Waals surface area contributed by atoms with Crippen LogP contribution in [0.2, 0.25) is 0 Å². The van der Waals surface area contributed by atoms with E-state index < -0.39 is 12.0 Å². The maximum atomic E-state index is 12.4. The van der Waals surface area contributed by atoms with Crippen LogP contribution >= 0.6 is 0 Å². The summed E-state index contributed by atoms with van der Waals surface area (Å²) in [4.78, 5) is 0. The molecule has 12 heavy (non-hydrogen) atoms. The fraction of sp³-hybridized carbons (Fsp3) is 0.143. The van der Waals surface area contributed by atoms with Gasteiger partial charge >= 0.3 is 0 Å². The number of ether oxygens (including phenoxy) is 1. The van der Waals surface area contributed by atoms with Crippen molar-refractivity contribution in [3.8, 4) is 0 Å². The molecule has 0 spiro atoms. The Morgan fingerprint density at radius 3 is 2.42 bits per heavy atom. The summed E-state index contributed by atoms with van der Waals surface area (Å²) in [5.41, 5.74) is 2.05. The topological polar surface area (TPSA) is 9.23 Å². The first-order valence-electron chi connectivity index (χ1n) is 2.65. The normalized spacial score (nSPS) is 15.2. The molecule has 0 fully saturated rings. The zero-order chi connectivity index (χ0) is 7.56. The van der Waals surface area contributed by atoms with Crippen LogP contribution in [0.1, 0.15) is 0 Å². The quantitative estimate of drug-likeness (QED) is 0.446. The zero-order valence-corrected chi connectivity index (χ0v) is 11.0. The van der Waals surface area contributed by atoms with Gasteiger partial charge < -0.3 is 21.7 Å². The molecule has 0 aromatic heterocycles. The predicted molar refractivity (Wildman–Crippen MR) is 32.1 cm³/mol. The molecular formula is C7H5BrF2OZn-. The molecule has 0 N–H and O–H groups in total. The number of rotatable bonds is 1. The number of halogens is 3. The third kappa shape index (κ3) is 3.62. The van der Waals surface area contributed by atoms with Gasteiger partial charge in [0.05, 0.1) is 7.11 Å². The second-order valence-electron chi connectivity index (χ2n) is 1.70. The molecule has 1 aliphatic rings. The van der Waals surface area contributed by atoms with Crippen LogP contribution in [0.25, 0.3) is 0 Å². The molecule has 0 amide bonds. The van der Waals surface area contributed by atoms with Crippen molar-refractivity contribution in [3.05, 3.63) is 35.6 Å². The van der Waals surface area contributed by atoms with Gasteiger partial charge in [-0.15, -0.1) is 0 Å². The van der Waals surface area contributed by atoms with Crippen molar-refractivity contribution in [2.75, 3.05) is 7.11 Å². The fourth-order valence-corrected chi connectivity index (χ4v) is 0.586. The van der Waals surface area contributed by atoms with Crippen LogP contribution in [0.4, 0.5) is 8.78 Å². The third-order valence-corrected chi connectivity index (χ3v) is 1.05. The van der Waals surface area contributed by atoms with Gasteiger partial charge in [0.1, 0.15) is 5.76 Å². The molecule has 0 saturated carbocycles. The molecule has 0 aromatic carbocycles. The van der Waals surface area contributed by atoms with Crippen molar-refractivity contribution in [2.45, 2.75) is 0 Å². The van der Waals surface area contributed by atoms with E-state index in [2.05, 4.69) is 10.5 Å². The maximum Gasteiger partial charge on any atom is 0.238 e. The first-order valence-corrected chi connectivity index (χ1v) is 2.65. The van der Waals surface area contributed by atoms with E-state index in [1.165, 1.54) is 7.11 Å². The van der Waals surface area contributed by atoms with Crippen LogP contribution in [0.15, 0.2) is 29.5 Å². The summed E-state index contributed by atoms with van der Waals surface area (Å²) in [6, 6.07) is 0. The van der Waals surface area contributed by atoms with Crippen LogP contribution in [0, 0.1) is 6.17 Å².